The van der Waals surface area contributed by atoms with Gasteiger partial charge in [0.05, 0.1) is 29.0 Å². The van der Waals surface area contributed by atoms with Crippen molar-refractivity contribution in [3.8, 4) is 5.88 Å². The Kier molecular flexibility index (Phi) is 4.82. The number of carbonyl (C=O) groups is 2. The number of hydrogen-bond donors (Lipinski definition) is 1. The molecule has 23 heavy (non-hydrogen) atoms. The molecule has 2 aromatic rings. The average Bonchev–Trinajstić information content (AvgIpc) is 2.85. The predicted octanol–water partition coefficient (Wildman–Crippen LogP) is 2.87. The number of hydrogen-bond acceptors (Lipinski definition) is 5. The molecule has 0 radical (unpaired) electrons. The summed E-state index contributed by atoms with van der Waals surface area (Å²) in [5.41, 5.74) is 0.197. The van der Waals surface area contributed by atoms with E-state index >= 15 is 0 Å². The lowest BCUT2D eigenvalue weighted by Crippen LogP contribution is -2.26. The third-order valence-corrected chi connectivity index (χ3v) is 3.94. The number of carbonyl (C=O) groups excluding carboxylic acids is 2. The Bertz CT molecular complexity index is 789. The molecule has 0 atom stereocenters. The first-order valence-corrected chi connectivity index (χ1v) is 7.10. The lowest BCUT2D eigenvalue weighted by molar-refractivity contribution is 0.103. The van der Waals surface area contributed by atoms with Crippen LogP contribution in [0.25, 0.3) is 0 Å². The number of anilines is 1. The van der Waals surface area contributed by atoms with Gasteiger partial charge in [0.2, 0.25) is 11.7 Å². The third kappa shape index (κ3) is 2.97. The van der Waals surface area contributed by atoms with Crippen LogP contribution in [0.1, 0.15) is 15.9 Å². The minimum absolute atomic E-state index is 0.0107. The Morgan fingerprint density at radius 2 is 1.96 bits per heavy atom. The van der Waals surface area contributed by atoms with Crippen LogP contribution >= 0.6 is 23.2 Å². The van der Waals surface area contributed by atoms with Crippen molar-refractivity contribution in [1.82, 2.24) is 9.78 Å². The van der Waals surface area contributed by atoms with E-state index in [4.69, 9.17) is 23.2 Å². The number of ketones is 1. The summed E-state index contributed by atoms with van der Waals surface area (Å²) < 4.78 is 5.77. The highest BCUT2D eigenvalue weighted by Crippen LogP contribution is 2.37. The number of aromatic nitrogens is 2. The maximum absolute atomic E-state index is 12.6. The van der Waals surface area contributed by atoms with Crippen LogP contribution in [0.2, 0.25) is 10.0 Å². The lowest BCUT2D eigenvalue weighted by atomic mass is 10.0. The third-order valence-electron chi connectivity index (χ3n) is 3.25. The van der Waals surface area contributed by atoms with E-state index in [1.165, 1.54) is 39.5 Å². The molecule has 0 saturated carbocycles. The van der Waals surface area contributed by atoms with Gasteiger partial charge in [-0.05, 0) is 12.1 Å². The van der Waals surface area contributed by atoms with Crippen molar-refractivity contribution in [2.45, 2.75) is 0 Å². The molecule has 0 fully saturated rings. The fraction of sp³-hybridized carbons (Fsp3) is 0.214. The number of aryl methyl sites for hydroxylation is 1. The lowest BCUT2D eigenvalue weighted by Gasteiger charge is -2.19. The van der Waals surface area contributed by atoms with Crippen LogP contribution < -0.4 is 4.90 Å². The molecule has 0 aliphatic carbocycles. The number of rotatable bonds is 3. The van der Waals surface area contributed by atoms with Gasteiger partial charge in [0.25, 0.3) is 0 Å². The van der Waals surface area contributed by atoms with Gasteiger partial charge in [-0.2, -0.15) is 5.10 Å². The van der Waals surface area contributed by atoms with E-state index in [-0.39, 0.29) is 32.7 Å². The van der Waals surface area contributed by atoms with Crippen LogP contribution in [0.4, 0.5) is 10.5 Å². The molecule has 2 rings (SSSR count). The number of ether oxygens (including phenoxy) is 1. The van der Waals surface area contributed by atoms with Gasteiger partial charge >= 0.3 is 6.09 Å². The highest BCUT2D eigenvalue weighted by atomic mass is 35.5. The number of methoxy groups -OCH3 is 1. The minimum Gasteiger partial charge on any atom is -0.493 e. The fourth-order valence-corrected chi connectivity index (χ4v) is 2.70. The quantitative estimate of drug-likeness (QED) is 0.853. The summed E-state index contributed by atoms with van der Waals surface area (Å²) in [6.45, 7) is 0. The molecule has 0 unspecified atom stereocenters. The molecule has 122 valence electrons. The zero-order chi connectivity index (χ0) is 17.3. The second-order valence-corrected chi connectivity index (χ2v) is 5.41. The van der Waals surface area contributed by atoms with Crippen molar-refractivity contribution in [1.29, 1.82) is 0 Å². The summed E-state index contributed by atoms with van der Waals surface area (Å²) in [6, 6.07) is 2.84. The molecule has 1 aromatic carbocycles. The van der Waals surface area contributed by atoms with Gasteiger partial charge < -0.3 is 9.84 Å². The van der Waals surface area contributed by atoms with E-state index in [2.05, 4.69) is 9.84 Å². The van der Waals surface area contributed by atoms with Gasteiger partial charge in [-0.15, -0.1) is 0 Å². The summed E-state index contributed by atoms with van der Waals surface area (Å²) in [6.07, 6.45) is 0.536. The highest BCUT2D eigenvalue weighted by molar-refractivity contribution is 6.42. The van der Waals surface area contributed by atoms with E-state index in [9.17, 15) is 14.7 Å². The minimum atomic E-state index is -0.692. The normalized spacial score (nSPS) is 10.5. The Hall–Kier alpha value is -2.25. The SMILES string of the molecule is COC(=O)N(C)c1c(Cl)ccc(C(=O)c2cnn(C)c2O)c1Cl. The Balaban J connectivity index is 2.55. The number of halogens is 2. The maximum atomic E-state index is 12.6. The molecule has 1 N–H and O–H groups in total. The molecule has 1 heterocycles. The van der Waals surface area contributed by atoms with Gasteiger partial charge in [-0.1, -0.05) is 23.2 Å². The van der Waals surface area contributed by atoms with E-state index in [0.29, 0.717) is 0 Å². The summed E-state index contributed by atoms with van der Waals surface area (Å²) in [7, 11) is 4.12. The van der Waals surface area contributed by atoms with Crippen molar-refractivity contribution >= 4 is 40.8 Å². The van der Waals surface area contributed by atoms with E-state index in [1.54, 1.807) is 0 Å². The molecular weight excluding hydrogens is 345 g/mol. The molecule has 1 amide bonds. The number of amides is 1. The molecule has 7 nitrogen and oxygen atoms in total. The smallest absolute Gasteiger partial charge is 0.413 e. The largest absolute Gasteiger partial charge is 0.493 e. The standard InChI is InChI=1S/C14H13Cl2N3O4/c1-18(14(22)23-3)11-9(15)5-4-7(10(11)16)12(20)8-6-17-19(2)13(8)21/h4-6,21H,1-3H3. The number of benzene rings is 1. The van der Waals surface area contributed by atoms with E-state index in [0.717, 1.165) is 9.58 Å². The van der Waals surface area contributed by atoms with Crippen LogP contribution in [0.3, 0.4) is 0 Å². The van der Waals surface area contributed by atoms with Crippen molar-refractivity contribution in [2.24, 2.45) is 7.05 Å². The van der Waals surface area contributed by atoms with Gasteiger partial charge in [-0.3, -0.25) is 9.69 Å². The van der Waals surface area contributed by atoms with Gasteiger partial charge in [0, 0.05) is 19.7 Å². The molecule has 0 spiro atoms. The van der Waals surface area contributed by atoms with Crippen molar-refractivity contribution < 1.29 is 19.4 Å². The Morgan fingerprint density at radius 1 is 1.30 bits per heavy atom. The number of aromatic hydroxyl groups is 1. The van der Waals surface area contributed by atoms with Gasteiger partial charge in [-0.25, -0.2) is 9.48 Å². The first-order valence-electron chi connectivity index (χ1n) is 6.34. The van der Waals surface area contributed by atoms with Crippen LogP contribution in [-0.4, -0.2) is 40.9 Å². The molecule has 0 saturated heterocycles. The van der Waals surface area contributed by atoms with Gasteiger partial charge in [0.1, 0.15) is 5.56 Å². The van der Waals surface area contributed by atoms with Gasteiger partial charge in [0.15, 0.2) is 0 Å². The molecular formula is C14H13Cl2N3O4. The highest BCUT2D eigenvalue weighted by Gasteiger charge is 2.25. The molecule has 0 aliphatic heterocycles. The molecule has 1 aromatic heterocycles. The molecule has 0 bridgehead atoms. The predicted molar refractivity (Wildman–Crippen MR) is 85.6 cm³/mol. The second kappa shape index (κ2) is 6.47. The first kappa shape index (κ1) is 17.1. The summed E-state index contributed by atoms with van der Waals surface area (Å²) in [5.74, 6) is -0.833. The van der Waals surface area contributed by atoms with Crippen LogP contribution in [0.15, 0.2) is 18.3 Å². The molecule has 0 aliphatic rings. The number of nitrogens with zero attached hydrogens (tertiary/aromatic N) is 3. The van der Waals surface area contributed by atoms with Crippen molar-refractivity contribution in [2.75, 3.05) is 19.1 Å². The monoisotopic (exact) mass is 357 g/mol. The fourth-order valence-electron chi connectivity index (χ4n) is 1.99. The van der Waals surface area contributed by atoms with E-state index in [1.807, 2.05) is 0 Å². The Morgan fingerprint density at radius 3 is 2.48 bits per heavy atom. The second-order valence-electron chi connectivity index (χ2n) is 4.62. The average molecular weight is 358 g/mol. The van der Waals surface area contributed by atoms with E-state index < -0.39 is 11.9 Å². The van der Waals surface area contributed by atoms with Crippen LogP contribution in [0, 0.1) is 0 Å². The Labute approximate surface area is 142 Å². The molecule has 9 heteroatoms. The summed E-state index contributed by atoms with van der Waals surface area (Å²) in [5, 5.41) is 13.8. The topological polar surface area (TPSA) is 84.7 Å². The summed E-state index contributed by atoms with van der Waals surface area (Å²) in [4.78, 5) is 25.3. The maximum Gasteiger partial charge on any atom is 0.413 e. The van der Waals surface area contributed by atoms with Crippen LogP contribution in [0.5, 0.6) is 5.88 Å². The van der Waals surface area contributed by atoms with Crippen LogP contribution in [-0.2, 0) is 11.8 Å². The zero-order valence-corrected chi connectivity index (χ0v) is 14.0. The van der Waals surface area contributed by atoms with Crippen molar-refractivity contribution in [3.05, 3.63) is 39.5 Å². The first-order chi connectivity index (χ1) is 10.8. The van der Waals surface area contributed by atoms with Crippen molar-refractivity contribution in [3.63, 3.8) is 0 Å². The zero-order valence-electron chi connectivity index (χ0n) is 12.5. The summed E-state index contributed by atoms with van der Waals surface area (Å²) >= 11 is 12.3.